The van der Waals surface area contributed by atoms with Crippen LogP contribution in [0.2, 0.25) is 5.02 Å². The Morgan fingerprint density at radius 1 is 1.32 bits per heavy atom. The van der Waals surface area contributed by atoms with E-state index in [2.05, 4.69) is 22.2 Å². The molecule has 0 bridgehead atoms. The highest BCUT2D eigenvalue weighted by molar-refractivity contribution is 6.32. The summed E-state index contributed by atoms with van der Waals surface area (Å²) in [5, 5.41) is 3.71. The van der Waals surface area contributed by atoms with E-state index in [1.165, 1.54) is 0 Å². The average molecular weight is 278 g/mol. The van der Waals surface area contributed by atoms with Crippen LogP contribution in [-0.2, 0) is 0 Å². The zero-order valence-corrected chi connectivity index (χ0v) is 11.7. The normalized spacial score (nSPS) is 10.3. The van der Waals surface area contributed by atoms with Gasteiger partial charge in [-0.15, -0.1) is 0 Å². The molecule has 0 spiro atoms. The van der Waals surface area contributed by atoms with Gasteiger partial charge in [0.05, 0.1) is 17.4 Å². The van der Waals surface area contributed by atoms with Crippen LogP contribution in [0.3, 0.4) is 0 Å². The Morgan fingerprint density at radius 2 is 2.16 bits per heavy atom. The molecule has 19 heavy (non-hydrogen) atoms. The van der Waals surface area contributed by atoms with Crippen molar-refractivity contribution in [3.05, 3.63) is 41.2 Å². The van der Waals surface area contributed by atoms with E-state index < -0.39 is 0 Å². The lowest BCUT2D eigenvalue weighted by Gasteiger charge is -2.09. The van der Waals surface area contributed by atoms with Crippen LogP contribution >= 0.6 is 11.6 Å². The molecule has 1 aromatic heterocycles. The molecule has 2 aromatic rings. The lowest BCUT2D eigenvalue weighted by Crippen LogP contribution is -2.03. The molecule has 4 nitrogen and oxygen atoms in total. The molecule has 0 aliphatic carbocycles. The van der Waals surface area contributed by atoms with Crippen molar-refractivity contribution in [1.29, 1.82) is 0 Å². The monoisotopic (exact) mass is 277 g/mol. The van der Waals surface area contributed by atoms with Gasteiger partial charge in [-0.1, -0.05) is 24.6 Å². The summed E-state index contributed by atoms with van der Waals surface area (Å²) in [7, 11) is 0. The summed E-state index contributed by atoms with van der Waals surface area (Å²) in [4.78, 5) is 8.41. The molecule has 1 heterocycles. The first kappa shape index (κ1) is 13.6. The van der Waals surface area contributed by atoms with E-state index in [-0.39, 0.29) is 0 Å². The van der Waals surface area contributed by atoms with Gasteiger partial charge in [-0.25, -0.2) is 0 Å². The van der Waals surface area contributed by atoms with Crippen molar-refractivity contribution in [2.24, 2.45) is 0 Å². The van der Waals surface area contributed by atoms with Crippen molar-refractivity contribution < 1.29 is 4.74 Å². The van der Waals surface area contributed by atoms with E-state index >= 15 is 0 Å². The fraction of sp³-hybridized carbons (Fsp3) is 0.286. The molecule has 0 radical (unpaired) electrons. The number of anilines is 1. The van der Waals surface area contributed by atoms with Gasteiger partial charge >= 0.3 is 0 Å². The molecule has 1 aromatic carbocycles. The highest BCUT2D eigenvalue weighted by Gasteiger charge is 2.05. The first-order chi connectivity index (χ1) is 9.19. The fourth-order valence-electron chi connectivity index (χ4n) is 1.54. The minimum Gasteiger partial charge on any atom is -0.436 e. The Labute approximate surface area is 117 Å². The molecule has 0 amide bonds. The molecule has 1 N–H and O–H groups in total. The van der Waals surface area contributed by atoms with Gasteiger partial charge in [0.25, 0.3) is 0 Å². The summed E-state index contributed by atoms with van der Waals surface area (Å²) in [5.74, 6) is 1.71. The predicted octanol–water partition coefficient (Wildman–Crippen LogP) is 4.05. The smallest absolute Gasteiger partial charge is 0.239 e. The second kappa shape index (κ2) is 6.38. The van der Waals surface area contributed by atoms with Crippen molar-refractivity contribution in [3.8, 4) is 11.6 Å². The van der Waals surface area contributed by atoms with Crippen LogP contribution in [0.15, 0.2) is 30.6 Å². The zero-order chi connectivity index (χ0) is 13.7. The van der Waals surface area contributed by atoms with Crippen LogP contribution in [0.1, 0.15) is 18.9 Å². The van der Waals surface area contributed by atoms with E-state index in [4.69, 9.17) is 16.3 Å². The summed E-state index contributed by atoms with van der Waals surface area (Å²) >= 11 is 6.08. The van der Waals surface area contributed by atoms with E-state index in [9.17, 15) is 0 Å². The van der Waals surface area contributed by atoms with Gasteiger partial charge in [-0.3, -0.25) is 4.98 Å². The molecule has 0 unspecified atom stereocenters. The van der Waals surface area contributed by atoms with E-state index in [1.807, 2.05) is 19.1 Å². The topological polar surface area (TPSA) is 47.0 Å². The summed E-state index contributed by atoms with van der Waals surface area (Å²) in [6, 6.07) is 5.61. The van der Waals surface area contributed by atoms with Crippen LogP contribution in [-0.4, -0.2) is 16.5 Å². The lowest BCUT2D eigenvalue weighted by molar-refractivity contribution is 0.460. The van der Waals surface area contributed by atoms with Gasteiger partial charge in [0.1, 0.15) is 11.6 Å². The molecule has 0 aliphatic rings. The van der Waals surface area contributed by atoms with Crippen molar-refractivity contribution in [2.75, 3.05) is 11.9 Å². The first-order valence-corrected chi connectivity index (χ1v) is 6.56. The molecule has 0 saturated heterocycles. The molecule has 0 saturated carbocycles. The standard InChI is InChI=1S/C14H16ClN3O/c1-3-6-17-13-8-16-9-14(18-13)19-12-7-10(2)4-5-11(12)15/h4-5,7-9H,3,6H2,1-2H3,(H,17,18). The van der Waals surface area contributed by atoms with Crippen molar-refractivity contribution >= 4 is 17.4 Å². The third kappa shape index (κ3) is 3.83. The quantitative estimate of drug-likeness (QED) is 0.895. The average Bonchev–Trinajstić information content (AvgIpc) is 2.41. The Bertz CT molecular complexity index is 560. The molecule has 0 aliphatic heterocycles. The minimum atomic E-state index is 0.425. The maximum absolute atomic E-state index is 6.08. The Balaban J connectivity index is 2.16. The van der Waals surface area contributed by atoms with Gasteiger partial charge in [0, 0.05) is 6.54 Å². The van der Waals surface area contributed by atoms with E-state index in [0.29, 0.717) is 22.5 Å². The number of nitrogens with zero attached hydrogens (tertiary/aromatic N) is 2. The van der Waals surface area contributed by atoms with Gasteiger partial charge in [-0.05, 0) is 31.0 Å². The van der Waals surface area contributed by atoms with Gasteiger partial charge in [-0.2, -0.15) is 4.98 Å². The Morgan fingerprint density at radius 3 is 2.95 bits per heavy atom. The zero-order valence-electron chi connectivity index (χ0n) is 11.0. The molecule has 2 rings (SSSR count). The maximum Gasteiger partial charge on any atom is 0.239 e. The lowest BCUT2D eigenvalue weighted by atomic mass is 10.2. The second-order valence-corrected chi connectivity index (χ2v) is 4.61. The number of aryl methyl sites for hydroxylation is 1. The minimum absolute atomic E-state index is 0.425. The van der Waals surface area contributed by atoms with Crippen LogP contribution < -0.4 is 10.1 Å². The van der Waals surface area contributed by atoms with E-state index in [0.717, 1.165) is 18.5 Å². The number of benzene rings is 1. The van der Waals surface area contributed by atoms with Crippen LogP contribution in [0.4, 0.5) is 5.82 Å². The summed E-state index contributed by atoms with van der Waals surface area (Å²) in [5.41, 5.74) is 1.08. The summed E-state index contributed by atoms with van der Waals surface area (Å²) in [6.07, 6.45) is 4.26. The summed E-state index contributed by atoms with van der Waals surface area (Å²) in [6.45, 7) is 4.92. The van der Waals surface area contributed by atoms with Crippen LogP contribution in [0, 0.1) is 6.92 Å². The second-order valence-electron chi connectivity index (χ2n) is 4.21. The number of hydrogen-bond acceptors (Lipinski definition) is 4. The number of ether oxygens (including phenoxy) is 1. The van der Waals surface area contributed by atoms with E-state index in [1.54, 1.807) is 18.5 Å². The maximum atomic E-state index is 6.08. The SMILES string of the molecule is CCCNc1cncc(Oc2cc(C)ccc2Cl)n1. The third-order valence-corrected chi connectivity index (χ3v) is 2.78. The molecular weight excluding hydrogens is 262 g/mol. The molecular formula is C14H16ClN3O. The van der Waals surface area contributed by atoms with Crippen LogP contribution in [0.5, 0.6) is 11.6 Å². The predicted molar refractivity (Wildman–Crippen MR) is 77.1 cm³/mol. The molecule has 5 heteroatoms. The molecule has 100 valence electrons. The number of aromatic nitrogens is 2. The van der Waals surface area contributed by atoms with Crippen molar-refractivity contribution in [3.63, 3.8) is 0 Å². The molecule has 0 atom stereocenters. The Hall–Kier alpha value is -1.81. The van der Waals surface area contributed by atoms with Crippen molar-refractivity contribution in [2.45, 2.75) is 20.3 Å². The highest BCUT2D eigenvalue weighted by atomic mass is 35.5. The van der Waals surface area contributed by atoms with Gasteiger partial charge in [0.2, 0.25) is 5.88 Å². The van der Waals surface area contributed by atoms with Crippen molar-refractivity contribution in [1.82, 2.24) is 9.97 Å². The summed E-state index contributed by atoms with van der Waals surface area (Å²) < 4.78 is 5.67. The Kier molecular flexibility index (Phi) is 4.58. The van der Waals surface area contributed by atoms with Gasteiger partial charge in [0.15, 0.2) is 0 Å². The number of rotatable bonds is 5. The van der Waals surface area contributed by atoms with Crippen LogP contribution in [0.25, 0.3) is 0 Å². The fourth-order valence-corrected chi connectivity index (χ4v) is 1.69. The molecule has 0 fully saturated rings. The number of hydrogen-bond donors (Lipinski definition) is 1. The highest BCUT2D eigenvalue weighted by Crippen LogP contribution is 2.29. The third-order valence-electron chi connectivity index (χ3n) is 2.47. The number of halogens is 1. The van der Waals surface area contributed by atoms with Gasteiger partial charge < -0.3 is 10.1 Å². The number of nitrogens with one attached hydrogen (secondary N) is 1. The largest absolute Gasteiger partial charge is 0.436 e. The first-order valence-electron chi connectivity index (χ1n) is 6.19.